The van der Waals surface area contributed by atoms with E-state index in [1.165, 1.54) is 44.2 Å². The fraction of sp³-hybridized carbons (Fsp3) is 0.812. The fourth-order valence-corrected chi connectivity index (χ4v) is 3.51. The fourth-order valence-electron chi connectivity index (χ4n) is 3.51. The molecule has 2 aliphatic carbocycles. The molecule has 0 aliphatic heterocycles. The van der Waals surface area contributed by atoms with E-state index in [9.17, 15) is 0 Å². The summed E-state index contributed by atoms with van der Waals surface area (Å²) in [5, 5.41) is 8.11. The summed E-state index contributed by atoms with van der Waals surface area (Å²) in [5.41, 5.74) is 1.93. The molecule has 1 N–H and O–H groups in total. The number of rotatable bonds is 4. The van der Waals surface area contributed by atoms with Crippen LogP contribution in [-0.2, 0) is 7.05 Å². The van der Waals surface area contributed by atoms with Gasteiger partial charge in [-0.3, -0.25) is 4.68 Å². The van der Waals surface area contributed by atoms with Crippen molar-refractivity contribution in [3.63, 3.8) is 0 Å². The van der Waals surface area contributed by atoms with Gasteiger partial charge in [-0.15, -0.1) is 0 Å². The first-order valence-electron chi connectivity index (χ1n) is 7.75. The van der Waals surface area contributed by atoms with E-state index in [1.807, 2.05) is 11.7 Å². The molecule has 19 heavy (non-hydrogen) atoms. The van der Waals surface area contributed by atoms with Crippen molar-refractivity contribution in [2.75, 3.05) is 6.54 Å². The van der Waals surface area contributed by atoms with E-state index in [-0.39, 0.29) is 0 Å². The molecule has 0 saturated heterocycles. The quantitative estimate of drug-likeness (QED) is 0.902. The van der Waals surface area contributed by atoms with Crippen LogP contribution in [0, 0.1) is 11.3 Å². The maximum atomic E-state index is 4.38. The molecule has 0 spiro atoms. The molecule has 2 saturated carbocycles. The Kier molecular flexibility index (Phi) is 3.42. The van der Waals surface area contributed by atoms with E-state index >= 15 is 0 Å². The van der Waals surface area contributed by atoms with Crippen LogP contribution in [0.25, 0.3) is 0 Å². The Bertz CT molecular complexity index is 429. The molecule has 1 heterocycles. The van der Waals surface area contributed by atoms with Crippen molar-refractivity contribution in [2.24, 2.45) is 18.4 Å². The van der Waals surface area contributed by atoms with Gasteiger partial charge in [-0.05, 0) is 61.5 Å². The predicted molar refractivity (Wildman–Crippen MR) is 78.1 cm³/mol. The minimum atomic E-state index is 0.483. The van der Waals surface area contributed by atoms with E-state index in [4.69, 9.17) is 0 Å². The molecule has 2 fully saturated rings. The number of aryl methyl sites for hydroxylation is 1. The van der Waals surface area contributed by atoms with Gasteiger partial charge in [0, 0.05) is 19.3 Å². The van der Waals surface area contributed by atoms with Crippen LogP contribution >= 0.6 is 0 Å². The zero-order valence-electron chi connectivity index (χ0n) is 12.5. The first-order chi connectivity index (χ1) is 9.03. The highest BCUT2D eigenvalue weighted by Gasteiger charge is 2.36. The van der Waals surface area contributed by atoms with Crippen LogP contribution in [-0.4, -0.2) is 22.4 Å². The smallest absolute Gasteiger partial charge is 0.0524 e. The highest BCUT2D eigenvalue weighted by atomic mass is 15.2. The lowest BCUT2D eigenvalue weighted by molar-refractivity contribution is 0.159. The molecule has 2 atom stereocenters. The van der Waals surface area contributed by atoms with E-state index in [0.29, 0.717) is 11.3 Å². The second-order valence-electron chi connectivity index (χ2n) is 7.40. The zero-order chi connectivity index (χ0) is 13.5. The van der Waals surface area contributed by atoms with Crippen molar-refractivity contribution in [3.8, 4) is 0 Å². The second kappa shape index (κ2) is 4.93. The Balaban J connectivity index is 1.72. The summed E-state index contributed by atoms with van der Waals surface area (Å²) < 4.78 is 1.95. The Morgan fingerprint density at radius 2 is 2.16 bits per heavy atom. The highest BCUT2D eigenvalue weighted by molar-refractivity contribution is 5.15. The molecule has 0 bridgehead atoms. The van der Waals surface area contributed by atoms with E-state index < -0.39 is 0 Å². The summed E-state index contributed by atoms with van der Waals surface area (Å²) in [6.45, 7) is 6.03. The number of nitrogens with zero attached hydrogens (tertiary/aromatic N) is 2. The lowest BCUT2D eigenvalue weighted by Gasteiger charge is -2.40. The van der Waals surface area contributed by atoms with Gasteiger partial charge in [0.1, 0.15) is 0 Å². The third-order valence-corrected chi connectivity index (χ3v) is 4.93. The maximum absolute atomic E-state index is 4.38. The molecule has 2 unspecified atom stereocenters. The van der Waals surface area contributed by atoms with Crippen LogP contribution < -0.4 is 5.32 Å². The van der Waals surface area contributed by atoms with E-state index in [0.717, 1.165) is 12.0 Å². The van der Waals surface area contributed by atoms with Crippen LogP contribution in [0.2, 0.25) is 0 Å². The lowest BCUT2D eigenvalue weighted by Crippen LogP contribution is -2.35. The van der Waals surface area contributed by atoms with E-state index in [1.54, 1.807) is 0 Å². The van der Waals surface area contributed by atoms with Crippen molar-refractivity contribution in [3.05, 3.63) is 18.0 Å². The third-order valence-electron chi connectivity index (χ3n) is 4.93. The summed E-state index contributed by atoms with van der Waals surface area (Å²) in [7, 11) is 2.02. The van der Waals surface area contributed by atoms with Gasteiger partial charge >= 0.3 is 0 Å². The highest BCUT2D eigenvalue weighted by Crippen LogP contribution is 2.46. The van der Waals surface area contributed by atoms with Gasteiger partial charge in [0.05, 0.1) is 6.20 Å². The number of hydrogen-bond acceptors (Lipinski definition) is 2. The molecule has 3 heteroatoms. The third kappa shape index (κ3) is 3.19. The van der Waals surface area contributed by atoms with Gasteiger partial charge in [0.15, 0.2) is 0 Å². The largest absolute Gasteiger partial charge is 0.314 e. The van der Waals surface area contributed by atoms with Gasteiger partial charge in [-0.1, -0.05) is 13.8 Å². The van der Waals surface area contributed by atoms with Crippen molar-refractivity contribution < 1.29 is 0 Å². The SMILES string of the molecule is Cn1cc(C2CC(C)(C)CCC2CNC2CC2)cn1. The number of nitrogens with one attached hydrogen (secondary N) is 1. The van der Waals surface area contributed by atoms with Crippen LogP contribution in [0.15, 0.2) is 12.4 Å². The Hall–Kier alpha value is -0.830. The molecular formula is C16H27N3. The molecule has 1 aromatic heterocycles. The minimum absolute atomic E-state index is 0.483. The van der Waals surface area contributed by atoms with Gasteiger partial charge in [-0.25, -0.2) is 0 Å². The first kappa shape index (κ1) is 13.2. The van der Waals surface area contributed by atoms with Gasteiger partial charge in [-0.2, -0.15) is 5.10 Å². The average Bonchev–Trinajstić information content (AvgIpc) is 3.08. The van der Waals surface area contributed by atoms with Crippen molar-refractivity contribution in [1.29, 1.82) is 0 Å². The zero-order valence-corrected chi connectivity index (χ0v) is 12.5. The van der Waals surface area contributed by atoms with Gasteiger partial charge < -0.3 is 5.32 Å². The topological polar surface area (TPSA) is 29.9 Å². The van der Waals surface area contributed by atoms with Crippen LogP contribution in [0.3, 0.4) is 0 Å². The van der Waals surface area contributed by atoms with Crippen molar-refractivity contribution in [2.45, 2.75) is 57.9 Å². The standard InChI is InChI=1S/C16H27N3/c1-16(2)7-6-12(9-17-14-4-5-14)15(8-16)13-10-18-19(3)11-13/h10-12,14-15,17H,4-9H2,1-3H3. The number of hydrogen-bond donors (Lipinski definition) is 1. The summed E-state index contributed by atoms with van der Waals surface area (Å²) in [4.78, 5) is 0. The molecule has 2 aliphatic rings. The molecule has 0 amide bonds. The van der Waals surface area contributed by atoms with Crippen LogP contribution in [0.5, 0.6) is 0 Å². The predicted octanol–water partition coefficient (Wildman–Crippen LogP) is 3.08. The molecule has 0 aromatic carbocycles. The van der Waals surface area contributed by atoms with Crippen LogP contribution in [0.4, 0.5) is 0 Å². The van der Waals surface area contributed by atoms with E-state index in [2.05, 4.69) is 36.7 Å². The molecule has 1 aromatic rings. The maximum Gasteiger partial charge on any atom is 0.0524 e. The first-order valence-corrected chi connectivity index (χ1v) is 7.75. The Morgan fingerprint density at radius 3 is 2.79 bits per heavy atom. The molecule has 0 radical (unpaired) electrons. The second-order valence-corrected chi connectivity index (χ2v) is 7.40. The summed E-state index contributed by atoms with van der Waals surface area (Å²) in [6.07, 6.45) is 11.1. The summed E-state index contributed by atoms with van der Waals surface area (Å²) >= 11 is 0. The molecular weight excluding hydrogens is 234 g/mol. The monoisotopic (exact) mass is 261 g/mol. The Morgan fingerprint density at radius 1 is 1.37 bits per heavy atom. The molecule has 106 valence electrons. The van der Waals surface area contributed by atoms with Gasteiger partial charge in [0.2, 0.25) is 0 Å². The molecule has 3 nitrogen and oxygen atoms in total. The van der Waals surface area contributed by atoms with Crippen molar-refractivity contribution >= 4 is 0 Å². The lowest BCUT2D eigenvalue weighted by atomic mass is 9.65. The van der Waals surface area contributed by atoms with Crippen molar-refractivity contribution in [1.82, 2.24) is 15.1 Å². The molecule has 3 rings (SSSR count). The van der Waals surface area contributed by atoms with Crippen LogP contribution in [0.1, 0.15) is 57.4 Å². The normalized spacial score (nSPS) is 30.5. The van der Waals surface area contributed by atoms with Gasteiger partial charge in [0.25, 0.3) is 0 Å². The average molecular weight is 261 g/mol. The Labute approximate surface area is 116 Å². The number of aromatic nitrogens is 2. The summed E-state index contributed by atoms with van der Waals surface area (Å²) in [6, 6.07) is 0.824. The minimum Gasteiger partial charge on any atom is -0.314 e. The summed E-state index contributed by atoms with van der Waals surface area (Å²) in [5.74, 6) is 1.47.